The van der Waals surface area contributed by atoms with E-state index in [2.05, 4.69) is 20.0 Å². The number of nitro benzene ring substituents is 1. The molecule has 120 valence electrons. The lowest BCUT2D eigenvalue weighted by molar-refractivity contribution is -0.384. The number of hydrogen-bond acceptors (Lipinski definition) is 7. The summed E-state index contributed by atoms with van der Waals surface area (Å²) in [6.07, 6.45) is 2.24. The zero-order valence-corrected chi connectivity index (χ0v) is 12.6. The SMILES string of the molecule is O=[N+]([O-])c1ccc(-c2nnc(N3CCN4CCC3CC4)o2)cc1. The second-order valence-electron chi connectivity index (χ2n) is 5.96. The maximum absolute atomic E-state index is 10.7. The molecule has 3 fully saturated rings. The van der Waals surface area contributed by atoms with Gasteiger partial charge in [-0.15, -0.1) is 5.10 Å². The van der Waals surface area contributed by atoms with Crippen LogP contribution in [0.4, 0.5) is 11.7 Å². The van der Waals surface area contributed by atoms with Gasteiger partial charge in [0.1, 0.15) is 0 Å². The first-order valence-electron chi connectivity index (χ1n) is 7.78. The number of nitro groups is 1. The number of fused-ring (bicyclic) bond motifs is 4. The second-order valence-corrected chi connectivity index (χ2v) is 5.96. The molecule has 1 aromatic carbocycles. The van der Waals surface area contributed by atoms with Gasteiger partial charge in [-0.2, -0.15) is 0 Å². The predicted octanol–water partition coefficient (Wildman–Crippen LogP) is 1.93. The Balaban J connectivity index is 1.57. The molecule has 1 aromatic heterocycles. The first kappa shape index (κ1) is 14.1. The zero-order valence-electron chi connectivity index (χ0n) is 12.6. The highest BCUT2D eigenvalue weighted by molar-refractivity contribution is 5.56. The van der Waals surface area contributed by atoms with Crippen LogP contribution in [0, 0.1) is 10.1 Å². The quantitative estimate of drug-likeness (QED) is 0.631. The van der Waals surface area contributed by atoms with Crippen LogP contribution in [-0.2, 0) is 0 Å². The largest absolute Gasteiger partial charge is 0.403 e. The third-order valence-corrected chi connectivity index (χ3v) is 4.64. The number of piperidine rings is 1. The van der Waals surface area contributed by atoms with Gasteiger partial charge in [0.2, 0.25) is 5.89 Å². The van der Waals surface area contributed by atoms with Crippen LogP contribution in [0.3, 0.4) is 0 Å². The molecule has 0 atom stereocenters. The third kappa shape index (κ3) is 2.65. The minimum Gasteiger partial charge on any atom is -0.403 e. The van der Waals surface area contributed by atoms with E-state index in [4.69, 9.17) is 4.42 Å². The Hall–Kier alpha value is -2.48. The average molecular weight is 315 g/mol. The molecule has 8 heteroatoms. The van der Waals surface area contributed by atoms with Crippen LogP contribution in [-0.4, -0.2) is 52.2 Å². The molecule has 0 amide bonds. The topological polar surface area (TPSA) is 88.5 Å². The van der Waals surface area contributed by atoms with Crippen LogP contribution in [0.15, 0.2) is 28.7 Å². The molecule has 5 rings (SSSR count). The Morgan fingerprint density at radius 1 is 1.09 bits per heavy atom. The number of hydrogen-bond donors (Lipinski definition) is 0. The van der Waals surface area contributed by atoms with Crippen molar-refractivity contribution < 1.29 is 9.34 Å². The van der Waals surface area contributed by atoms with Crippen molar-refractivity contribution in [2.75, 3.05) is 31.1 Å². The van der Waals surface area contributed by atoms with Crippen molar-refractivity contribution in [3.8, 4) is 11.5 Å². The molecular weight excluding hydrogens is 298 g/mol. The van der Waals surface area contributed by atoms with Crippen LogP contribution >= 0.6 is 0 Å². The Labute approximate surface area is 132 Å². The van der Waals surface area contributed by atoms with Crippen LogP contribution < -0.4 is 4.90 Å². The fourth-order valence-electron chi connectivity index (χ4n) is 3.31. The van der Waals surface area contributed by atoms with Gasteiger partial charge in [0, 0.05) is 49.9 Å². The highest BCUT2D eigenvalue weighted by Gasteiger charge is 2.31. The molecule has 2 bridgehead atoms. The van der Waals surface area contributed by atoms with Crippen LogP contribution in [0.1, 0.15) is 12.8 Å². The van der Waals surface area contributed by atoms with Crippen LogP contribution in [0.2, 0.25) is 0 Å². The lowest BCUT2D eigenvalue weighted by Crippen LogP contribution is -2.38. The van der Waals surface area contributed by atoms with Crippen molar-refractivity contribution in [1.29, 1.82) is 0 Å². The summed E-state index contributed by atoms with van der Waals surface area (Å²) in [5, 5.41) is 19.0. The fourth-order valence-corrected chi connectivity index (χ4v) is 3.31. The van der Waals surface area contributed by atoms with Gasteiger partial charge in [-0.05, 0) is 25.0 Å². The molecule has 0 radical (unpaired) electrons. The first-order valence-corrected chi connectivity index (χ1v) is 7.78. The molecule has 0 N–H and O–H groups in total. The van der Waals surface area contributed by atoms with Gasteiger partial charge in [0.15, 0.2) is 0 Å². The Morgan fingerprint density at radius 3 is 2.52 bits per heavy atom. The molecular formula is C15H17N5O3. The summed E-state index contributed by atoms with van der Waals surface area (Å²) in [6, 6.07) is 7.16. The van der Waals surface area contributed by atoms with Gasteiger partial charge >= 0.3 is 6.01 Å². The van der Waals surface area contributed by atoms with E-state index in [9.17, 15) is 10.1 Å². The van der Waals surface area contributed by atoms with Crippen molar-refractivity contribution in [3.05, 3.63) is 34.4 Å². The van der Waals surface area contributed by atoms with Crippen molar-refractivity contribution >= 4 is 11.7 Å². The van der Waals surface area contributed by atoms with Gasteiger partial charge in [-0.25, -0.2) is 0 Å². The molecule has 4 heterocycles. The summed E-state index contributed by atoms with van der Waals surface area (Å²) < 4.78 is 5.83. The number of non-ortho nitro benzene ring substituents is 1. The van der Waals surface area contributed by atoms with E-state index in [-0.39, 0.29) is 5.69 Å². The highest BCUT2D eigenvalue weighted by Crippen LogP contribution is 2.29. The normalized spacial score (nSPS) is 23.7. The van der Waals surface area contributed by atoms with E-state index in [1.807, 2.05) is 0 Å². The lowest BCUT2D eigenvalue weighted by atomic mass is 10.1. The van der Waals surface area contributed by atoms with Crippen molar-refractivity contribution in [2.24, 2.45) is 0 Å². The van der Waals surface area contributed by atoms with Gasteiger partial charge < -0.3 is 14.2 Å². The Kier molecular flexibility index (Phi) is 3.45. The molecule has 23 heavy (non-hydrogen) atoms. The lowest BCUT2D eigenvalue weighted by Gasteiger charge is -2.29. The van der Waals surface area contributed by atoms with E-state index >= 15 is 0 Å². The molecule has 3 aliphatic rings. The number of nitrogens with zero attached hydrogens (tertiary/aromatic N) is 5. The van der Waals surface area contributed by atoms with Crippen LogP contribution in [0.25, 0.3) is 11.5 Å². The van der Waals surface area contributed by atoms with E-state index in [0.717, 1.165) is 39.0 Å². The summed E-state index contributed by atoms with van der Waals surface area (Å²) in [5.74, 6) is 0.397. The maximum atomic E-state index is 10.7. The monoisotopic (exact) mass is 315 g/mol. The summed E-state index contributed by atoms with van der Waals surface area (Å²) >= 11 is 0. The van der Waals surface area contributed by atoms with E-state index in [1.165, 1.54) is 12.1 Å². The van der Waals surface area contributed by atoms with Gasteiger partial charge in [0.25, 0.3) is 5.69 Å². The molecule has 0 spiro atoms. The highest BCUT2D eigenvalue weighted by atomic mass is 16.6. The molecule has 2 aromatic rings. The second kappa shape index (κ2) is 5.62. The molecule has 8 nitrogen and oxygen atoms in total. The minimum absolute atomic E-state index is 0.0482. The fraction of sp³-hybridized carbons (Fsp3) is 0.467. The summed E-state index contributed by atoms with van der Waals surface area (Å²) in [6.45, 7) is 4.17. The number of anilines is 1. The first-order chi connectivity index (χ1) is 11.2. The summed E-state index contributed by atoms with van der Waals surface area (Å²) in [5.41, 5.74) is 0.740. The molecule has 0 aliphatic carbocycles. The number of benzene rings is 1. The maximum Gasteiger partial charge on any atom is 0.318 e. The zero-order chi connectivity index (χ0) is 15.8. The number of rotatable bonds is 3. The van der Waals surface area contributed by atoms with Crippen molar-refractivity contribution in [3.63, 3.8) is 0 Å². The summed E-state index contributed by atoms with van der Waals surface area (Å²) in [4.78, 5) is 14.9. The van der Waals surface area contributed by atoms with Crippen LogP contribution in [0.5, 0.6) is 0 Å². The van der Waals surface area contributed by atoms with E-state index in [1.54, 1.807) is 12.1 Å². The minimum atomic E-state index is -0.425. The molecule has 3 aliphatic heterocycles. The van der Waals surface area contributed by atoms with Gasteiger partial charge in [0.05, 0.1) is 4.92 Å². The average Bonchev–Trinajstić information content (AvgIpc) is 2.87. The predicted molar refractivity (Wildman–Crippen MR) is 83.2 cm³/mol. The smallest absolute Gasteiger partial charge is 0.318 e. The van der Waals surface area contributed by atoms with Crippen molar-refractivity contribution in [1.82, 2.24) is 15.1 Å². The van der Waals surface area contributed by atoms with Gasteiger partial charge in [-0.1, -0.05) is 5.10 Å². The Bertz CT molecular complexity index is 706. The van der Waals surface area contributed by atoms with Crippen molar-refractivity contribution in [2.45, 2.75) is 18.9 Å². The molecule has 3 saturated heterocycles. The Morgan fingerprint density at radius 2 is 1.83 bits per heavy atom. The van der Waals surface area contributed by atoms with Gasteiger partial charge in [-0.3, -0.25) is 10.1 Å². The van der Waals surface area contributed by atoms with E-state index in [0.29, 0.717) is 23.5 Å². The van der Waals surface area contributed by atoms with E-state index < -0.39 is 4.92 Å². The molecule has 0 unspecified atom stereocenters. The number of aromatic nitrogens is 2. The summed E-state index contributed by atoms with van der Waals surface area (Å²) in [7, 11) is 0. The molecule has 0 saturated carbocycles. The standard InChI is InChI=1S/C15H17N5O3/c21-20(22)13-3-1-11(2-4-13)14-16-17-15(23-14)19-10-9-18-7-5-12(19)6-8-18/h1-4,12H,5-10H2. The third-order valence-electron chi connectivity index (χ3n) is 4.64.